The number of nitrogens with one attached hydrogen (secondary N) is 2. The lowest BCUT2D eigenvalue weighted by atomic mass is 9.64. The maximum atomic E-state index is 13.1. The molecule has 3 rings (SSSR count). The molecule has 0 bridgehead atoms. The van der Waals surface area contributed by atoms with E-state index in [1.165, 1.54) is 12.1 Å². The van der Waals surface area contributed by atoms with E-state index in [1.807, 2.05) is 14.0 Å². The maximum absolute atomic E-state index is 13.1. The number of aryl methyl sites for hydroxylation is 1. The molecule has 0 unspecified atom stereocenters. The van der Waals surface area contributed by atoms with E-state index in [2.05, 4.69) is 25.8 Å². The molecule has 1 saturated carbocycles. The zero-order chi connectivity index (χ0) is 20.2. The third kappa shape index (κ3) is 5.61. The van der Waals surface area contributed by atoms with Crippen LogP contribution in [0, 0.1) is 0 Å². The molecule has 160 valence electrons. The molecule has 1 aliphatic carbocycles. The molecule has 29 heavy (non-hydrogen) atoms. The topological polar surface area (TPSA) is 67.1 Å². The molecule has 1 aromatic carbocycles. The number of guanidine groups is 1. The second-order valence-corrected chi connectivity index (χ2v) is 7.12. The molecular formula is C19H26F3IN6. The molecule has 0 aliphatic heterocycles. The van der Waals surface area contributed by atoms with Crippen molar-refractivity contribution in [2.24, 2.45) is 12.0 Å². The molecule has 6 nitrogen and oxygen atoms in total. The largest absolute Gasteiger partial charge is 0.416 e. The van der Waals surface area contributed by atoms with Gasteiger partial charge in [-0.15, -0.1) is 34.2 Å². The summed E-state index contributed by atoms with van der Waals surface area (Å²) in [7, 11) is 1.85. The van der Waals surface area contributed by atoms with Gasteiger partial charge in [0.15, 0.2) is 11.8 Å². The third-order valence-electron chi connectivity index (χ3n) is 5.24. The molecule has 0 saturated heterocycles. The summed E-state index contributed by atoms with van der Waals surface area (Å²) in [5.74, 6) is 1.34. The highest BCUT2D eigenvalue weighted by Gasteiger charge is 2.40. The highest BCUT2D eigenvalue weighted by molar-refractivity contribution is 14.0. The van der Waals surface area contributed by atoms with Crippen molar-refractivity contribution in [1.29, 1.82) is 0 Å². The quantitative estimate of drug-likeness (QED) is 0.346. The lowest BCUT2D eigenvalue weighted by Gasteiger charge is -2.43. The Morgan fingerprint density at radius 1 is 1.28 bits per heavy atom. The summed E-state index contributed by atoms with van der Waals surface area (Å²) in [4.78, 5) is 4.52. The van der Waals surface area contributed by atoms with Gasteiger partial charge in [0.2, 0.25) is 0 Å². The first-order chi connectivity index (χ1) is 13.3. The molecule has 0 spiro atoms. The minimum atomic E-state index is -4.33. The van der Waals surface area contributed by atoms with Crippen LogP contribution in [0.15, 0.2) is 35.6 Å². The molecule has 1 heterocycles. The van der Waals surface area contributed by atoms with Crippen LogP contribution >= 0.6 is 24.0 Å². The van der Waals surface area contributed by atoms with Crippen molar-refractivity contribution in [3.05, 3.63) is 47.5 Å². The van der Waals surface area contributed by atoms with E-state index >= 15 is 0 Å². The number of halogens is 4. The van der Waals surface area contributed by atoms with Crippen LogP contribution in [-0.2, 0) is 25.2 Å². The first-order valence-corrected chi connectivity index (χ1v) is 9.37. The lowest BCUT2D eigenvalue weighted by molar-refractivity contribution is -0.137. The molecular weight excluding hydrogens is 496 g/mol. The molecule has 2 aromatic rings. The minimum absolute atomic E-state index is 0. The first-order valence-electron chi connectivity index (χ1n) is 9.37. The maximum Gasteiger partial charge on any atom is 0.416 e. The zero-order valence-corrected chi connectivity index (χ0v) is 18.8. The third-order valence-corrected chi connectivity index (χ3v) is 5.24. The average molecular weight is 522 g/mol. The van der Waals surface area contributed by atoms with Gasteiger partial charge in [-0.3, -0.25) is 0 Å². The van der Waals surface area contributed by atoms with Crippen molar-refractivity contribution in [3.8, 4) is 0 Å². The summed E-state index contributed by atoms with van der Waals surface area (Å²) in [5, 5.41) is 14.3. The van der Waals surface area contributed by atoms with E-state index in [-0.39, 0.29) is 29.4 Å². The second-order valence-electron chi connectivity index (χ2n) is 7.12. The number of benzene rings is 1. The Hall–Kier alpha value is -1.85. The molecule has 0 radical (unpaired) electrons. The number of rotatable bonds is 6. The predicted octanol–water partition coefficient (Wildman–Crippen LogP) is 3.63. The fourth-order valence-corrected chi connectivity index (χ4v) is 3.39. The fourth-order valence-electron chi connectivity index (χ4n) is 3.39. The Morgan fingerprint density at radius 2 is 2.03 bits per heavy atom. The Morgan fingerprint density at radius 3 is 2.59 bits per heavy atom. The molecule has 1 fully saturated rings. The Bertz CT molecular complexity index is 829. The summed E-state index contributed by atoms with van der Waals surface area (Å²) in [6, 6.07) is 5.69. The van der Waals surface area contributed by atoms with Gasteiger partial charge >= 0.3 is 6.18 Å². The monoisotopic (exact) mass is 522 g/mol. The summed E-state index contributed by atoms with van der Waals surface area (Å²) in [6.07, 6.45) is -0.0123. The fraction of sp³-hybridized carbons (Fsp3) is 0.526. The SMILES string of the molecule is CCNC(=NCc1nncn1C)NCC1(c2cccc(C(F)(F)F)c2)CCC1.I. The summed E-state index contributed by atoms with van der Waals surface area (Å²) >= 11 is 0. The summed E-state index contributed by atoms with van der Waals surface area (Å²) in [5.41, 5.74) is -0.174. The molecule has 2 N–H and O–H groups in total. The van der Waals surface area contributed by atoms with Crippen LogP contribution in [0.5, 0.6) is 0 Å². The first kappa shape index (κ1) is 23.4. The van der Waals surface area contributed by atoms with Gasteiger partial charge in [-0.25, -0.2) is 4.99 Å². The van der Waals surface area contributed by atoms with Crippen molar-refractivity contribution >= 4 is 29.9 Å². The normalized spacial score (nSPS) is 16.0. The van der Waals surface area contributed by atoms with Crippen molar-refractivity contribution in [2.75, 3.05) is 13.1 Å². The average Bonchev–Trinajstić information content (AvgIpc) is 3.03. The van der Waals surface area contributed by atoms with Crippen LogP contribution in [0.3, 0.4) is 0 Å². The number of aromatic nitrogens is 3. The predicted molar refractivity (Wildman–Crippen MR) is 116 cm³/mol. The van der Waals surface area contributed by atoms with Crippen LogP contribution in [0.1, 0.15) is 43.1 Å². The van der Waals surface area contributed by atoms with Gasteiger partial charge < -0.3 is 15.2 Å². The highest BCUT2D eigenvalue weighted by Crippen LogP contribution is 2.44. The molecule has 10 heteroatoms. The highest BCUT2D eigenvalue weighted by atomic mass is 127. The summed E-state index contributed by atoms with van der Waals surface area (Å²) < 4.78 is 41.1. The van der Waals surface area contributed by atoms with Gasteiger partial charge in [0, 0.05) is 25.6 Å². The van der Waals surface area contributed by atoms with E-state index in [4.69, 9.17) is 0 Å². The van der Waals surface area contributed by atoms with Crippen LogP contribution in [0.2, 0.25) is 0 Å². The number of alkyl halides is 3. The van der Waals surface area contributed by atoms with Gasteiger partial charge in [0.1, 0.15) is 12.9 Å². The van der Waals surface area contributed by atoms with E-state index in [0.29, 0.717) is 25.6 Å². The van der Waals surface area contributed by atoms with Crippen molar-refractivity contribution in [3.63, 3.8) is 0 Å². The van der Waals surface area contributed by atoms with Gasteiger partial charge in [0.05, 0.1) is 5.56 Å². The standard InChI is InChI=1S/C19H25F3N6.HI/c1-3-23-17(24-11-16-27-26-13-28(16)2)25-12-18(8-5-9-18)14-6-4-7-15(10-14)19(20,21)22;/h4,6-7,10,13H,3,5,8-9,11-12H2,1-2H3,(H2,23,24,25);1H. The molecule has 1 aromatic heterocycles. The van der Waals surface area contributed by atoms with Crippen LogP contribution < -0.4 is 10.6 Å². The van der Waals surface area contributed by atoms with Gasteiger partial charge in [-0.2, -0.15) is 13.2 Å². The smallest absolute Gasteiger partial charge is 0.357 e. The Labute approximate surface area is 185 Å². The van der Waals surface area contributed by atoms with Crippen LogP contribution in [-0.4, -0.2) is 33.8 Å². The second kappa shape index (κ2) is 9.77. The zero-order valence-electron chi connectivity index (χ0n) is 16.5. The van der Waals surface area contributed by atoms with E-state index in [9.17, 15) is 13.2 Å². The number of aliphatic imine (C=N–C) groups is 1. The van der Waals surface area contributed by atoms with Crippen molar-refractivity contribution in [2.45, 2.75) is 44.3 Å². The Balaban J connectivity index is 0.00000300. The van der Waals surface area contributed by atoms with Gasteiger partial charge in [0.25, 0.3) is 0 Å². The molecule has 0 atom stereocenters. The van der Waals surface area contributed by atoms with Crippen molar-refractivity contribution in [1.82, 2.24) is 25.4 Å². The number of nitrogens with zero attached hydrogens (tertiary/aromatic N) is 4. The molecule has 1 aliphatic rings. The number of hydrogen-bond acceptors (Lipinski definition) is 3. The Kier molecular flexibility index (Phi) is 7.89. The van der Waals surface area contributed by atoms with E-state index in [0.717, 1.165) is 36.7 Å². The lowest BCUT2D eigenvalue weighted by Crippen LogP contribution is -2.49. The van der Waals surface area contributed by atoms with Gasteiger partial charge in [-0.1, -0.05) is 24.6 Å². The number of hydrogen-bond donors (Lipinski definition) is 2. The van der Waals surface area contributed by atoms with Crippen molar-refractivity contribution < 1.29 is 13.2 Å². The van der Waals surface area contributed by atoms with E-state index in [1.54, 1.807) is 17.0 Å². The minimum Gasteiger partial charge on any atom is -0.357 e. The van der Waals surface area contributed by atoms with Crippen LogP contribution in [0.25, 0.3) is 0 Å². The van der Waals surface area contributed by atoms with Gasteiger partial charge in [-0.05, 0) is 31.4 Å². The summed E-state index contributed by atoms with van der Waals surface area (Å²) in [6.45, 7) is 3.54. The molecule has 0 amide bonds. The van der Waals surface area contributed by atoms with E-state index < -0.39 is 11.7 Å². The van der Waals surface area contributed by atoms with Crippen LogP contribution in [0.4, 0.5) is 13.2 Å².